The van der Waals surface area contributed by atoms with Crippen molar-refractivity contribution in [1.82, 2.24) is 10.2 Å². The molecule has 0 bridgehead atoms. The molecule has 14 heteroatoms. The van der Waals surface area contributed by atoms with Gasteiger partial charge in [-0.15, -0.1) is 0 Å². The van der Waals surface area contributed by atoms with Crippen LogP contribution in [0.3, 0.4) is 0 Å². The van der Waals surface area contributed by atoms with Crippen LogP contribution in [0.2, 0.25) is 0 Å². The van der Waals surface area contributed by atoms with Crippen LogP contribution in [0.5, 0.6) is 0 Å². The zero-order valence-corrected chi connectivity index (χ0v) is 35.2. The maximum atomic E-state index is 13.0. The van der Waals surface area contributed by atoms with Crippen LogP contribution in [-0.4, -0.2) is 90.4 Å². The molecule has 0 radical (unpaired) electrons. The summed E-state index contributed by atoms with van der Waals surface area (Å²) in [6, 6.07) is 18.3. The summed E-state index contributed by atoms with van der Waals surface area (Å²) in [6.07, 6.45) is -2.98. The Balaban J connectivity index is 0.000000315. The topological polar surface area (TPSA) is 165 Å². The van der Waals surface area contributed by atoms with E-state index in [2.05, 4.69) is 5.32 Å². The second kappa shape index (κ2) is 22.0. The van der Waals surface area contributed by atoms with E-state index in [4.69, 9.17) is 33.2 Å². The lowest BCUT2D eigenvalue weighted by Crippen LogP contribution is -2.61. The van der Waals surface area contributed by atoms with Gasteiger partial charge in [-0.2, -0.15) is 0 Å². The fourth-order valence-corrected chi connectivity index (χ4v) is 6.70. The SMILES string of the molecule is CC(=O)N[C@H]1C(C)[C@H](C)C(COC(C)=O)O[C@H]1OCc1ccccc1.CC(=O)OCC1O[C@@H](OCc2ccccc2)[C@@H](N(C(C)=O)C(=O)OC(C)(C)C)C(C)[C@@H]1C. The van der Waals surface area contributed by atoms with Crippen molar-refractivity contribution in [2.45, 2.75) is 132 Å². The van der Waals surface area contributed by atoms with Crippen LogP contribution >= 0.6 is 0 Å². The van der Waals surface area contributed by atoms with E-state index >= 15 is 0 Å². The third kappa shape index (κ3) is 14.8. The molecule has 316 valence electrons. The van der Waals surface area contributed by atoms with Gasteiger partial charge in [0.25, 0.3) is 0 Å². The van der Waals surface area contributed by atoms with Crippen molar-refractivity contribution in [1.29, 1.82) is 0 Å². The average molecular weight is 799 g/mol. The number of nitrogens with zero attached hydrogens (tertiary/aromatic N) is 1. The van der Waals surface area contributed by atoms with E-state index in [0.29, 0.717) is 6.61 Å². The Labute approximate surface area is 337 Å². The minimum absolute atomic E-state index is 0.0608. The smallest absolute Gasteiger partial charge is 0.417 e. The zero-order chi connectivity index (χ0) is 42.4. The highest BCUT2D eigenvalue weighted by Crippen LogP contribution is 2.36. The Hall–Kier alpha value is -4.37. The number of hydrogen-bond donors (Lipinski definition) is 1. The molecule has 2 aromatic carbocycles. The average Bonchev–Trinajstić information content (AvgIpc) is 3.13. The first-order chi connectivity index (χ1) is 26.8. The van der Waals surface area contributed by atoms with E-state index in [9.17, 15) is 24.0 Å². The van der Waals surface area contributed by atoms with Gasteiger partial charge >= 0.3 is 18.0 Å². The number of amides is 3. The van der Waals surface area contributed by atoms with Gasteiger partial charge in [0.1, 0.15) is 18.8 Å². The van der Waals surface area contributed by atoms with Crippen LogP contribution in [0, 0.1) is 23.7 Å². The van der Waals surface area contributed by atoms with Crippen LogP contribution in [0.15, 0.2) is 60.7 Å². The first-order valence-electron chi connectivity index (χ1n) is 19.5. The normalized spacial score (nSPS) is 27.1. The van der Waals surface area contributed by atoms with Crippen molar-refractivity contribution in [2.75, 3.05) is 13.2 Å². The minimum Gasteiger partial charge on any atom is -0.463 e. The molecule has 2 aliphatic heterocycles. The van der Waals surface area contributed by atoms with E-state index in [0.717, 1.165) is 16.0 Å². The number of nitrogens with one attached hydrogen (secondary N) is 1. The molecule has 0 spiro atoms. The lowest BCUT2D eigenvalue weighted by atomic mass is 9.81. The Kier molecular flexibility index (Phi) is 18.1. The first-order valence-corrected chi connectivity index (χ1v) is 19.5. The van der Waals surface area contributed by atoms with Gasteiger partial charge in [-0.25, -0.2) is 9.69 Å². The molecule has 2 aromatic rings. The van der Waals surface area contributed by atoms with Gasteiger partial charge in [-0.3, -0.25) is 19.2 Å². The van der Waals surface area contributed by atoms with Crippen LogP contribution in [0.25, 0.3) is 0 Å². The highest BCUT2D eigenvalue weighted by atomic mass is 16.7. The van der Waals surface area contributed by atoms with Crippen molar-refractivity contribution in [2.24, 2.45) is 23.7 Å². The number of rotatable bonds is 12. The van der Waals surface area contributed by atoms with Crippen molar-refractivity contribution in [3.63, 3.8) is 0 Å². The van der Waals surface area contributed by atoms with Gasteiger partial charge in [0, 0.05) is 27.7 Å². The van der Waals surface area contributed by atoms with Gasteiger partial charge in [-0.1, -0.05) is 88.4 Å². The summed E-state index contributed by atoms with van der Waals surface area (Å²) in [7, 11) is 0. The molecule has 14 nitrogen and oxygen atoms in total. The fourth-order valence-electron chi connectivity index (χ4n) is 6.70. The Morgan fingerprint density at radius 1 is 0.649 bits per heavy atom. The lowest BCUT2D eigenvalue weighted by Gasteiger charge is -2.47. The number of ether oxygens (including phenoxy) is 7. The first kappa shape index (κ1) is 47.0. The van der Waals surface area contributed by atoms with Crippen molar-refractivity contribution >= 4 is 29.8 Å². The molecule has 0 aromatic heterocycles. The fraction of sp³-hybridized carbons (Fsp3) is 0.605. The molecular formula is C43H62N2O12. The number of carbonyl (C=O) groups is 5. The molecule has 57 heavy (non-hydrogen) atoms. The number of carbonyl (C=O) groups excluding carboxylic acids is 5. The standard InChI is InChI=1S/C24H35NO7.C19H27NO5/c1-15-16(2)21(25(17(3)26)23(28)32-24(5,6)7)22(31-20(15)14-29-18(4)27)30-13-19-11-9-8-10-12-19;1-12-13(2)18(20-14(3)21)19(25-17(12)11-23-15(4)22)24-10-16-8-6-5-7-9-16/h8-12,15-16,20-22H,13-14H2,1-7H3;5-9,12-13,17-19H,10-11H2,1-4H3,(H,20,21)/t15-,16?,20?,21-,22+;12-,13?,17?,18-,19+/m00/s1. The second-order valence-corrected chi connectivity index (χ2v) is 15.8. The predicted molar refractivity (Wildman–Crippen MR) is 210 cm³/mol. The highest BCUT2D eigenvalue weighted by molar-refractivity contribution is 5.91. The van der Waals surface area contributed by atoms with Crippen LogP contribution in [0.1, 0.15) is 87.3 Å². The molecular weight excluding hydrogens is 736 g/mol. The second-order valence-electron chi connectivity index (χ2n) is 15.8. The molecule has 2 saturated heterocycles. The molecule has 3 amide bonds. The molecule has 4 rings (SSSR count). The van der Waals surface area contributed by atoms with Crippen LogP contribution < -0.4 is 5.32 Å². The lowest BCUT2D eigenvalue weighted by molar-refractivity contribution is -0.261. The van der Waals surface area contributed by atoms with E-state index in [1.165, 1.54) is 27.7 Å². The van der Waals surface area contributed by atoms with Crippen molar-refractivity contribution in [3.05, 3.63) is 71.8 Å². The maximum absolute atomic E-state index is 13.0. The molecule has 1 N–H and O–H groups in total. The summed E-state index contributed by atoms with van der Waals surface area (Å²) < 4.78 is 40.0. The predicted octanol–water partition coefficient (Wildman–Crippen LogP) is 6.18. The van der Waals surface area contributed by atoms with Crippen molar-refractivity contribution < 1.29 is 57.1 Å². The van der Waals surface area contributed by atoms with Gasteiger partial charge in [0.15, 0.2) is 12.6 Å². The molecule has 2 fully saturated rings. The van der Waals surface area contributed by atoms with E-state index in [1.807, 2.05) is 88.4 Å². The molecule has 0 saturated carbocycles. The van der Waals surface area contributed by atoms with Crippen LogP contribution in [0.4, 0.5) is 4.79 Å². The maximum Gasteiger partial charge on any atom is 0.417 e. The summed E-state index contributed by atoms with van der Waals surface area (Å²) in [5.41, 5.74) is 1.17. The third-order valence-corrected chi connectivity index (χ3v) is 10.1. The number of esters is 2. The van der Waals surface area contributed by atoms with E-state index in [-0.39, 0.29) is 67.5 Å². The number of hydrogen-bond acceptors (Lipinski definition) is 12. The quantitative estimate of drug-likeness (QED) is 0.192. The minimum atomic E-state index is -0.918. The summed E-state index contributed by atoms with van der Waals surface area (Å²) >= 11 is 0. The summed E-state index contributed by atoms with van der Waals surface area (Å²) in [4.78, 5) is 60.7. The Morgan fingerprint density at radius 3 is 1.51 bits per heavy atom. The Bertz CT molecular complexity index is 1600. The summed E-state index contributed by atoms with van der Waals surface area (Å²) in [5.74, 6) is -1.45. The zero-order valence-electron chi connectivity index (χ0n) is 35.2. The van der Waals surface area contributed by atoms with Gasteiger partial charge in [-0.05, 0) is 55.6 Å². The molecule has 4 unspecified atom stereocenters. The number of imide groups is 1. The molecule has 2 heterocycles. The molecule has 0 aliphatic carbocycles. The van der Waals surface area contributed by atoms with Gasteiger partial charge in [0.05, 0.1) is 37.5 Å². The monoisotopic (exact) mass is 798 g/mol. The molecule has 2 aliphatic rings. The van der Waals surface area contributed by atoms with Gasteiger partial charge in [0.2, 0.25) is 11.8 Å². The van der Waals surface area contributed by atoms with Crippen LogP contribution in [-0.2, 0) is 65.5 Å². The summed E-state index contributed by atoms with van der Waals surface area (Å²) in [5, 5.41) is 2.94. The number of benzene rings is 2. The largest absolute Gasteiger partial charge is 0.463 e. The molecule has 10 atom stereocenters. The van der Waals surface area contributed by atoms with E-state index in [1.54, 1.807) is 20.8 Å². The Morgan fingerprint density at radius 2 is 1.09 bits per heavy atom. The third-order valence-electron chi connectivity index (χ3n) is 10.1. The van der Waals surface area contributed by atoms with Gasteiger partial charge < -0.3 is 38.5 Å². The highest BCUT2D eigenvalue weighted by Gasteiger charge is 2.49. The summed E-state index contributed by atoms with van der Waals surface area (Å²) in [6.45, 7) is 19.5. The van der Waals surface area contributed by atoms with E-state index < -0.39 is 48.3 Å². The van der Waals surface area contributed by atoms with Crippen molar-refractivity contribution in [3.8, 4) is 0 Å².